The molecule has 0 bridgehead atoms. The number of quaternary nitrogens is 1. The third kappa shape index (κ3) is 4.01. The quantitative estimate of drug-likeness (QED) is 0.889. The second-order valence-electron chi connectivity index (χ2n) is 6.70. The Kier molecular flexibility index (Phi) is 5.26. The van der Waals surface area contributed by atoms with Crippen LogP contribution in [0.2, 0.25) is 0 Å². The van der Waals surface area contributed by atoms with Crippen molar-refractivity contribution >= 4 is 11.6 Å². The van der Waals surface area contributed by atoms with Gasteiger partial charge in [0.1, 0.15) is 5.82 Å². The minimum absolute atomic E-state index is 0.0306. The Hall–Kier alpha value is -2.20. The van der Waals surface area contributed by atoms with E-state index in [1.165, 1.54) is 23.5 Å². The highest BCUT2D eigenvalue weighted by atomic mass is 19.1. The number of carbonyl (C=O) groups is 1. The lowest BCUT2D eigenvalue weighted by Crippen LogP contribution is -3.14. The number of likely N-dealkylation sites (tertiary alicyclic amines) is 1. The van der Waals surface area contributed by atoms with Crippen molar-refractivity contribution in [2.45, 2.75) is 25.8 Å². The Bertz CT molecular complexity index is 672. The van der Waals surface area contributed by atoms with Crippen molar-refractivity contribution in [2.75, 3.05) is 18.4 Å². The zero-order valence-electron chi connectivity index (χ0n) is 14.0. The molecule has 24 heavy (non-hydrogen) atoms. The summed E-state index contributed by atoms with van der Waals surface area (Å²) in [6.45, 7) is 4.25. The molecular weight excluding hydrogens is 303 g/mol. The third-order valence-corrected chi connectivity index (χ3v) is 4.72. The molecule has 0 aromatic heterocycles. The molecule has 0 spiro atoms. The van der Waals surface area contributed by atoms with Crippen LogP contribution >= 0.6 is 0 Å². The van der Waals surface area contributed by atoms with Crippen LogP contribution in [0, 0.1) is 11.7 Å². The fourth-order valence-electron chi connectivity index (χ4n) is 3.56. The van der Waals surface area contributed by atoms with Crippen LogP contribution in [0.4, 0.5) is 10.1 Å². The molecule has 1 unspecified atom stereocenters. The van der Waals surface area contributed by atoms with Crippen molar-refractivity contribution in [1.82, 2.24) is 0 Å². The van der Waals surface area contributed by atoms with Crippen LogP contribution in [-0.4, -0.2) is 19.0 Å². The van der Waals surface area contributed by atoms with Gasteiger partial charge in [-0.2, -0.15) is 0 Å². The highest BCUT2D eigenvalue weighted by Gasteiger charge is 2.34. The van der Waals surface area contributed by atoms with Crippen molar-refractivity contribution in [2.24, 2.45) is 5.92 Å². The van der Waals surface area contributed by atoms with Gasteiger partial charge in [0.05, 0.1) is 13.1 Å². The first-order valence-corrected chi connectivity index (χ1v) is 8.59. The molecule has 0 aliphatic carbocycles. The van der Waals surface area contributed by atoms with Crippen LogP contribution in [0.25, 0.3) is 0 Å². The summed E-state index contributed by atoms with van der Waals surface area (Å²) >= 11 is 0. The molecule has 1 heterocycles. The number of piperidine rings is 1. The van der Waals surface area contributed by atoms with E-state index in [9.17, 15) is 9.18 Å². The largest absolute Gasteiger partial charge is 0.321 e. The summed E-state index contributed by atoms with van der Waals surface area (Å²) in [6, 6.07) is 15.6. The second kappa shape index (κ2) is 7.58. The predicted octanol–water partition coefficient (Wildman–Crippen LogP) is 2.82. The average Bonchev–Trinajstić information content (AvgIpc) is 2.58. The molecule has 2 N–H and O–H groups in total. The molecular formula is C20H24FN2O+. The molecule has 126 valence electrons. The van der Waals surface area contributed by atoms with Crippen molar-refractivity contribution in [3.8, 4) is 0 Å². The van der Waals surface area contributed by atoms with Crippen molar-refractivity contribution in [3.63, 3.8) is 0 Å². The third-order valence-electron chi connectivity index (χ3n) is 4.72. The second-order valence-corrected chi connectivity index (χ2v) is 6.70. The monoisotopic (exact) mass is 327 g/mol. The Labute approximate surface area is 142 Å². The number of anilines is 1. The van der Waals surface area contributed by atoms with Crippen LogP contribution in [-0.2, 0) is 4.79 Å². The molecule has 3 nitrogen and oxygen atoms in total. The zero-order chi connectivity index (χ0) is 16.9. The normalized spacial score (nSPS) is 21.9. The van der Waals surface area contributed by atoms with Crippen LogP contribution in [0.5, 0.6) is 0 Å². The Morgan fingerprint density at radius 2 is 1.88 bits per heavy atom. The Morgan fingerprint density at radius 3 is 2.54 bits per heavy atom. The molecule has 0 saturated carbocycles. The first-order valence-electron chi connectivity index (χ1n) is 8.59. The maximum Gasteiger partial charge on any atom is 0.287 e. The van der Waals surface area contributed by atoms with Gasteiger partial charge in [-0.3, -0.25) is 4.79 Å². The van der Waals surface area contributed by atoms with Gasteiger partial charge >= 0.3 is 0 Å². The lowest BCUT2D eigenvalue weighted by molar-refractivity contribution is -0.929. The topological polar surface area (TPSA) is 33.5 Å². The molecule has 3 atom stereocenters. The highest BCUT2D eigenvalue weighted by molar-refractivity contribution is 5.94. The number of halogens is 1. The fourth-order valence-corrected chi connectivity index (χ4v) is 3.56. The number of rotatable bonds is 4. The maximum atomic E-state index is 13.1. The molecule has 0 radical (unpaired) electrons. The van der Waals surface area contributed by atoms with Crippen molar-refractivity contribution < 1.29 is 14.1 Å². The smallest absolute Gasteiger partial charge is 0.287 e. The predicted molar refractivity (Wildman–Crippen MR) is 93.3 cm³/mol. The van der Waals surface area contributed by atoms with E-state index in [4.69, 9.17) is 0 Å². The molecule has 1 aliphatic rings. The highest BCUT2D eigenvalue weighted by Crippen LogP contribution is 2.16. The van der Waals surface area contributed by atoms with Crippen molar-refractivity contribution in [3.05, 3.63) is 66.0 Å². The molecule has 1 aliphatic heterocycles. The molecule has 1 fully saturated rings. The molecule has 4 heteroatoms. The molecule has 2 aromatic rings. The van der Waals surface area contributed by atoms with E-state index in [0.29, 0.717) is 11.6 Å². The summed E-state index contributed by atoms with van der Waals surface area (Å²) < 4.78 is 13.1. The standard InChI is InChI=1S/C20H23FN2O/c1-15-6-5-13-23(14-15)19(16-7-3-2-4-8-16)20(24)22-18-11-9-17(21)10-12-18/h2-4,7-12,15,19H,5-6,13-14H2,1H3,(H,22,24)/p+1/t15-,19+/m1/s1. The Balaban J connectivity index is 1.83. The first kappa shape index (κ1) is 16.7. The van der Waals surface area contributed by atoms with E-state index in [0.717, 1.165) is 25.1 Å². The lowest BCUT2D eigenvalue weighted by atomic mass is 9.95. The zero-order valence-corrected chi connectivity index (χ0v) is 14.0. The molecule has 1 amide bonds. The van der Waals surface area contributed by atoms with Crippen LogP contribution < -0.4 is 10.2 Å². The maximum absolute atomic E-state index is 13.1. The number of hydrogen-bond acceptors (Lipinski definition) is 1. The number of hydrogen-bond donors (Lipinski definition) is 2. The molecule has 2 aromatic carbocycles. The van der Waals surface area contributed by atoms with Crippen LogP contribution in [0.1, 0.15) is 31.4 Å². The fraction of sp³-hybridized carbons (Fsp3) is 0.350. The van der Waals surface area contributed by atoms with Gasteiger partial charge in [0.2, 0.25) is 0 Å². The van der Waals surface area contributed by atoms with Gasteiger partial charge < -0.3 is 10.2 Å². The van der Waals surface area contributed by atoms with E-state index in [-0.39, 0.29) is 17.8 Å². The van der Waals surface area contributed by atoms with Gasteiger partial charge in [-0.05, 0) is 37.1 Å². The summed E-state index contributed by atoms with van der Waals surface area (Å²) in [4.78, 5) is 14.3. The van der Waals surface area contributed by atoms with Crippen LogP contribution in [0.15, 0.2) is 54.6 Å². The summed E-state index contributed by atoms with van der Waals surface area (Å²) in [7, 11) is 0. The van der Waals surface area contributed by atoms with Gasteiger partial charge in [0.15, 0.2) is 6.04 Å². The average molecular weight is 327 g/mol. The SMILES string of the molecule is C[C@@H]1CCC[NH+]([C@H](C(=O)Nc2ccc(F)cc2)c2ccccc2)C1. The van der Waals surface area contributed by atoms with Gasteiger partial charge in [0, 0.05) is 17.2 Å². The Morgan fingerprint density at radius 1 is 1.17 bits per heavy atom. The van der Waals surface area contributed by atoms with E-state index >= 15 is 0 Å². The summed E-state index contributed by atoms with van der Waals surface area (Å²) in [6.07, 6.45) is 2.37. The summed E-state index contributed by atoms with van der Waals surface area (Å²) in [5.74, 6) is 0.290. The molecule has 1 saturated heterocycles. The van der Waals surface area contributed by atoms with Crippen LogP contribution in [0.3, 0.4) is 0 Å². The number of benzene rings is 2. The van der Waals surface area contributed by atoms with Crippen molar-refractivity contribution in [1.29, 1.82) is 0 Å². The number of carbonyl (C=O) groups excluding carboxylic acids is 1. The van der Waals surface area contributed by atoms with Gasteiger partial charge in [-0.1, -0.05) is 37.3 Å². The number of amides is 1. The van der Waals surface area contributed by atoms with E-state index in [1.807, 2.05) is 30.3 Å². The summed E-state index contributed by atoms with van der Waals surface area (Å²) in [5, 5.41) is 2.95. The van der Waals surface area contributed by atoms with Gasteiger partial charge in [-0.15, -0.1) is 0 Å². The minimum atomic E-state index is -0.303. The van der Waals surface area contributed by atoms with E-state index in [2.05, 4.69) is 12.2 Å². The summed E-state index contributed by atoms with van der Waals surface area (Å²) in [5.41, 5.74) is 1.66. The molecule has 3 rings (SSSR count). The number of nitrogens with one attached hydrogen (secondary N) is 2. The van der Waals surface area contributed by atoms with E-state index < -0.39 is 0 Å². The van der Waals surface area contributed by atoms with Gasteiger partial charge in [-0.25, -0.2) is 4.39 Å². The first-order chi connectivity index (χ1) is 11.6. The lowest BCUT2D eigenvalue weighted by Gasteiger charge is -2.33. The van der Waals surface area contributed by atoms with Gasteiger partial charge in [0.25, 0.3) is 5.91 Å². The minimum Gasteiger partial charge on any atom is -0.321 e. The van der Waals surface area contributed by atoms with E-state index in [1.54, 1.807) is 12.1 Å².